The molecule has 0 bridgehead atoms. The number of ether oxygens (including phenoxy) is 7. The van der Waals surface area contributed by atoms with Gasteiger partial charge in [0, 0.05) is 4.90 Å². The molecule has 300 valence electrons. The van der Waals surface area contributed by atoms with E-state index in [0.29, 0.717) is 39.6 Å². The molecule has 8 heteroatoms. The lowest BCUT2D eigenvalue weighted by molar-refractivity contribution is -0.257. The van der Waals surface area contributed by atoms with Gasteiger partial charge in [-0.15, -0.1) is 0 Å². The Balaban J connectivity index is 1.17. The van der Waals surface area contributed by atoms with Crippen LogP contribution in [-0.4, -0.2) is 55.8 Å². The summed E-state index contributed by atoms with van der Waals surface area (Å²) >= 11 is 1.62. The van der Waals surface area contributed by atoms with E-state index in [1.807, 2.05) is 109 Å². The highest BCUT2D eigenvalue weighted by Gasteiger charge is 2.49. The predicted octanol–water partition coefficient (Wildman–Crippen LogP) is 10.1. The van der Waals surface area contributed by atoms with Gasteiger partial charge in [0.1, 0.15) is 36.0 Å². The lowest BCUT2D eigenvalue weighted by atomic mass is 9.99. The minimum Gasteiger partial charge on any atom is -0.374 e. The van der Waals surface area contributed by atoms with Gasteiger partial charge in [-0.25, -0.2) is 0 Å². The molecule has 1 fully saturated rings. The molecule has 6 aromatic rings. The van der Waals surface area contributed by atoms with E-state index in [2.05, 4.69) is 72.8 Å². The Hall–Kier alpha value is -4.61. The highest BCUT2D eigenvalue weighted by molar-refractivity contribution is 7.99. The monoisotopic (exact) mass is 796 g/mol. The quantitative estimate of drug-likeness (QED) is 0.0673. The van der Waals surface area contributed by atoms with Crippen molar-refractivity contribution in [3.63, 3.8) is 0 Å². The van der Waals surface area contributed by atoms with Crippen LogP contribution in [0, 0.1) is 0 Å². The summed E-state index contributed by atoms with van der Waals surface area (Å²) < 4.78 is 47.1. The zero-order valence-electron chi connectivity index (χ0n) is 32.7. The highest BCUT2D eigenvalue weighted by Crippen LogP contribution is 2.38. The summed E-state index contributed by atoms with van der Waals surface area (Å²) in [6, 6.07) is 61.2. The van der Waals surface area contributed by atoms with Gasteiger partial charge in [0.15, 0.2) is 0 Å². The van der Waals surface area contributed by atoms with Gasteiger partial charge < -0.3 is 33.2 Å². The molecule has 0 radical (unpaired) electrons. The van der Waals surface area contributed by atoms with E-state index in [1.54, 1.807) is 11.8 Å². The van der Waals surface area contributed by atoms with Gasteiger partial charge in [-0.1, -0.05) is 182 Å². The highest BCUT2D eigenvalue weighted by atomic mass is 32.2. The maximum absolute atomic E-state index is 7.06. The van der Waals surface area contributed by atoms with Crippen molar-refractivity contribution < 1.29 is 33.2 Å². The minimum absolute atomic E-state index is 0.234. The van der Waals surface area contributed by atoms with Crippen LogP contribution in [0.25, 0.3) is 0 Å². The van der Waals surface area contributed by atoms with E-state index in [-0.39, 0.29) is 19.3 Å². The average Bonchev–Trinajstić information content (AvgIpc) is 3.28. The third-order valence-electron chi connectivity index (χ3n) is 9.77. The van der Waals surface area contributed by atoms with Crippen molar-refractivity contribution >= 4 is 11.8 Å². The second kappa shape index (κ2) is 23.1. The van der Waals surface area contributed by atoms with Crippen LogP contribution in [0.15, 0.2) is 187 Å². The van der Waals surface area contributed by atoms with Crippen LogP contribution in [0.3, 0.4) is 0 Å². The Morgan fingerprint density at radius 3 is 1.36 bits per heavy atom. The Morgan fingerprint density at radius 1 is 0.414 bits per heavy atom. The van der Waals surface area contributed by atoms with E-state index in [1.165, 1.54) is 0 Å². The van der Waals surface area contributed by atoms with Crippen molar-refractivity contribution in [3.05, 3.63) is 210 Å². The smallest absolute Gasteiger partial charge is 0.137 e. The van der Waals surface area contributed by atoms with E-state index in [9.17, 15) is 0 Å². The van der Waals surface area contributed by atoms with Crippen molar-refractivity contribution in [2.75, 3.05) is 19.8 Å². The fourth-order valence-corrected chi connectivity index (χ4v) is 7.89. The van der Waals surface area contributed by atoms with Gasteiger partial charge in [-0.05, 0) is 39.9 Å². The van der Waals surface area contributed by atoms with Crippen molar-refractivity contribution in [2.45, 2.75) is 73.9 Å². The Labute approximate surface area is 347 Å². The molecule has 6 atom stereocenters. The van der Waals surface area contributed by atoms with Gasteiger partial charge in [0.2, 0.25) is 0 Å². The summed E-state index contributed by atoms with van der Waals surface area (Å²) in [6.07, 6.45) is -2.51. The molecule has 58 heavy (non-hydrogen) atoms. The SMILES string of the molecule is c1ccc(COC[C@@H](CO[C@H]2[C@H](OCc3ccccc3)[C@@H](OCc3ccccc3)[C@H](Sc3ccccc3)O[C@@H]2COCc2ccccc2)OCc2ccccc2)cc1. The lowest BCUT2D eigenvalue weighted by Gasteiger charge is -2.46. The van der Waals surface area contributed by atoms with Crippen LogP contribution in [0.5, 0.6) is 0 Å². The molecule has 7 rings (SSSR count). The van der Waals surface area contributed by atoms with Gasteiger partial charge >= 0.3 is 0 Å². The molecule has 0 unspecified atom stereocenters. The predicted molar refractivity (Wildman–Crippen MR) is 228 cm³/mol. The third kappa shape index (κ3) is 13.2. The summed E-state index contributed by atoms with van der Waals surface area (Å²) in [6.45, 7) is 2.91. The number of thioether (sulfide) groups is 1. The second-order valence-corrected chi connectivity index (χ2v) is 15.4. The fraction of sp³-hybridized carbons (Fsp3) is 0.280. The van der Waals surface area contributed by atoms with E-state index < -0.39 is 29.9 Å². The van der Waals surface area contributed by atoms with Gasteiger partial charge in [0.05, 0.1) is 52.9 Å². The molecule has 0 amide bonds. The lowest BCUT2D eigenvalue weighted by Crippen LogP contribution is -2.60. The van der Waals surface area contributed by atoms with Crippen LogP contribution in [0.4, 0.5) is 0 Å². The van der Waals surface area contributed by atoms with Gasteiger partial charge in [-0.2, -0.15) is 0 Å². The Bertz CT molecular complexity index is 1970. The standard InChI is InChI=1S/C50H52O7S/c1-7-19-39(20-8-1)31-51-36-44(53-33-41-23-11-3-12-24-41)37-56-47-46(38-52-32-40-21-9-2-10-22-40)57-50(58-45-29-17-6-18-30-45)49(55-35-43-27-15-5-16-28-43)48(47)54-34-42-25-13-4-14-26-42/h1-30,44,46-50H,31-38H2/t44-,46+,47+,48-,49+,50-/m0/s1. The molecule has 6 aromatic carbocycles. The first-order valence-electron chi connectivity index (χ1n) is 20.0. The summed E-state index contributed by atoms with van der Waals surface area (Å²) in [5, 5.41) is 0. The van der Waals surface area contributed by atoms with Gasteiger partial charge in [0.25, 0.3) is 0 Å². The summed E-state index contributed by atoms with van der Waals surface area (Å²) in [4.78, 5) is 1.07. The van der Waals surface area contributed by atoms with E-state index in [4.69, 9.17) is 33.2 Å². The molecule has 0 aromatic heterocycles. The molecular weight excluding hydrogens is 745 g/mol. The summed E-state index contributed by atoms with van der Waals surface area (Å²) in [5.74, 6) is 0. The largest absolute Gasteiger partial charge is 0.374 e. The fourth-order valence-electron chi connectivity index (χ4n) is 6.74. The van der Waals surface area contributed by atoms with Crippen LogP contribution in [0.1, 0.15) is 27.8 Å². The normalized spacial score (nSPS) is 19.8. The molecule has 1 saturated heterocycles. The number of hydrogen-bond acceptors (Lipinski definition) is 8. The van der Waals surface area contributed by atoms with E-state index >= 15 is 0 Å². The van der Waals surface area contributed by atoms with E-state index in [0.717, 1.165) is 32.7 Å². The van der Waals surface area contributed by atoms with Crippen molar-refractivity contribution in [1.82, 2.24) is 0 Å². The van der Waals surface area contributed by atoms with Crippen molar-refractivity contribution in [1.29, 1.82) is 0 Å². The molecule has 7 nitrogen and oxygen atoms in total. The second-order valence-electron chi connectivity index (χ2n) is 14.2. The third-order valence-corrected chi connectivity index (χ3v) is 10.9. The maximum Gasteiger partial charge on any atom is 0.137 e. The average molecular weight is 797 g/mol. The number of rotatable bonds is 22. The minimum atomic E-state index is -0.579. The topological polar surface area (TPSA) is 64.6 Å². The zero-order chi connectivity index (χ0) is 39.5. The molecule has 1 heterocycles. The Morgan fingerprint density at radius 2 is 0.845 bits per heavy atom. The van der Waals surface area contributed by atoms with Crippen LogP contribution < -0.4 is 0 Å². The van der Waals surface area contributed by atoms with Crippen molar-refractivity contribution in [3.8, 4) is 0 Å². The summed E-state index contributed by atoms with van der Waals surface area (Å²) in [7, 11) is 0. The molecule has 0 spiro atoms. The Kier molecular flexibility index (Phi) is 16.5. The zero-order valence-corrected chi connectivity index (χ0v) is 33.5. The first kappa shape index (κ1) is 41.5. The molecule has 1 aliphatic heterocycles. The molecular formula is C50H52O7S. The maximum atomic E-state index is 7.06. The number of benzene rings is 6. The van der Waals surface area contributed by atoms with Crippen molar-refractivity contribution in [2.24, 2.45) is 0 Å². The molecule has 0 aliphatic carbocycles. The number of hydrogen-bond donors (Lipinski definition) is 0. The van der Waals surface area contributed by atoms with Crippen LogP contribution in [0.2, 0.25) is 0 Å². The van der Waals surface area contributed by atoms with Crippen LogP contribution >= 0.6 is 11.8 Å². The summed E-state index contributed by atoms with van der Waals surface area (Å²) in [5.41, 5.74) is 4.92. The van der Waals surface area contributed by atoms with Crippen LogP contribution in [-0.2, 0) is 66.2 Å². The molecule has 0 N–H and O–H groups in total. The first-order chi connectivity index (χ1) is 28.8. The van der Waals surface area contributed by atoms with Gasteiger partial charge in [-0.3, -0.25) is 0 Å². The first-order valence-corrected chi connectivity index (χ1v) is 20.8. The molecule has 0 saturated carbocycles. The molecule has 1 aliphatic rings.